The molecule has 112 valence electrons. The summed E-state index contributed by atoms with van der Waals surface area (Å²) in [5, 5.41) is 0. The molecule has 2 atom stereocenters. The minimum Gasteiger partial charge on any atom is -0.323 e. The Labute approximate surface area is 120 Å². The Kier molecular flexibility index (Phi) is 4.72. The molecule has 1 saturated heterocycles. The summed E-state index contributed by atoms with van der Waals surface area (Å²) in [7, 11) is -3.10. The molecule has 2 rings (SSSR count). The number of sulfonamides is 1. The second-order valence-electron chi connectivity index (χ2n) is 5.50. The third kappa shape index (κ3) is 3.97. The van der Waals surface area contributed by atoms with E-state index in [-0.39, 0.29) is 6.04 Å². The molecule has 2 unspecified atom stereocenters. The first-order valence-electron chi connectivity index (χ1n) is 6.86. The zero-order valence-corrected chi connectivity index (χ0v) is 12.8. The molecule has 2 heterocycles. The summed E-state index contributed by atoms with van der Waals surface area (Å²) in [6.45, 7) is 3.02. The van der Waals surface area contributed by atoms with Crippen LogP contribution in [0.1, 0.15) is 36.8 Å². The predicted octanol–water partition coefficient (Wildman–Crippen LogP) is 0.847. The summed E-state index contributed by atoms with van der Waals surface area (Å²) < 4.78 is 24.8. The standard InChI is InChI=1S/C13H22N4O2S/c1-10-15-6-5-13(16-10)12(14)8-11-4-3-7-17(9-11)20(2,18)19/h5-6,11-12H,3-4,7-9,14H2,1-2H3. The highest BCUT2D eigenvalue weighted by molar-refractivity contribution is 7.88. The van der Waals surface area contributed by atoms with Crippen LogP contribution in [0.15, 0.2) is 12.3 Å². The summed E-state index contributed by atoms with van der Waals surface area (Å²) in [4.78, 5) is 8.40. The fourth-order valence-corrected chi connectivity index (χ4v) is 3.62. The number of nitrogens with zero attached hydrogens (tertiary/aromatic N) is 3. The summed E-state index contributed by atoms with van der Waals surface area (Å²) in [6, 6.07) is 1.66. The number of hydrogen-bond donors (Lipinski definition) is 1. The van der Waals surface area contributed by atoms with Crippen LogP contribution in [0.4, 0.5) is 0 Å². The minimum atomic E-state index is -3.10. The van der Waals surface area contributed by atoms with E-state index in [0.29, 0.717) is 24.8 Å². The molecule has 6 nitrogen and oxygen atoms in total. The van der Waals surface area contributed by atoms with Gasteiger partial charge in [-0.25, -0.2) is 22.7 Å². The molecular formula is C13H22N4O2S. The molecule has 20 heavy (non-hydrogen) atoms. The average Bonchev–Trinajstić information content (AvgIpc) is 2.38. The van der Waals surface area contributed by atoms with Gasteiger partial charge in [-0.1, -0.05) is 0 Å². The quantitative estimate of drug-likeness (QED) is 0.890. The van der Waals surface area contributed by atoms with E-state index >= 15 is 0 Å². The van der Waals surface area contributed by atoms with Gasteiger partial charge in [0.2, 0.25) is 10.0 Å². The van der Waals surface area contributed by atoms with E-state index in [0.717, 1.165) is 25.0 Å². The van der Waals surface area contributed by atoms with Crippen molar-refractivity contribution in [3.63, 3.8) is 0 Å². The molecule has 0 saturated carbocycles. The first-order valence-corrected chi connectivity index (χ1v) is 8.71. The van der Waals surface area contributed by atoms with Gasteiger partial charge in [-0.2, -0.15) is 0 Å². The van der Waals surface area contributed by atoms with Crippen LogP contribution in [0.25, 0.3) is 0 Å². The molecule has 1 fully saturated rings. The second kappa shape index (κ2) is 6.15. The highest BCUT2D eigenvalue weighted by Gasteiger charge is 2.27. The number of aryl methyl sites for hydroxylation is 1. The van der Waals surface area contributed by atoms with Crippen LogP contribution in [0, 0.1) is 12.8 Å². The van der Waals surface area contributed by atoms with Gasteiger partial charge in [0.05, 0.1) is 11.9 Å². The van der Waals surface area contributed by atoms with E-state index in [2.05, 4.69) is 9.97 Å². The van der Waals surface area contributed by atoms with Crippen molar-refractivity contribution in [2.75, 3.05) is 19.3 Å². The molecule has 0 bridgehead atoms. The van der Waals surface area contributed by atoms with Crippen molar-refractivity contribution < 1.29 is 8.42 Å². The number of hydrogen-bond acceptors (Lipinski definition) is 5. The lowest BCUT2D eigenvalue weighted by Gasteiger charge is -2.32. The first-order chi connectivity index (χ1) is 9.36. The zero-order chi connectivity index (χ0) is 14.8. The Bertz CT molecular complexity index is 561. The van der Waals surface area contributed by atoms with E-state index in [1.165, 1.54) is 6.26 Å². The number of rotatable bonds is 4. The number of nitrogens with two attached hydrogens (primary N) is 1. The highest BCUT2D eigenvalue weighted by Crippen LogP contribution is 2.26. The van der Waals surface area contributed by atoms with Gasteiger partial charge in [0.15, 0.2) is 0 Å². The molecular weight excluding hydrogens is 276 g/mol. The molecule has 0 spiro atoms. The Morgan fingerprint density at radius 1 is 1.55 bits per heavy atom. The molecule has 0 amide bonds. The van der Waals surface area contributed by atoms with E-state index in [4.69, 9.17) is 5.73 Å². The van der Waals surface area contributed by atoms with Crippen molar-refractivity contribution in [3.05, 3.63) is 23.8 Å². The van der Waals surface area contributed by atoms with Crippen molar-refractivity contribution in [1.82, 2.24) is 14.3 Å². The Morgan fingerprint density at radius 3 is 2.95 bits per heavy atom. The zero-order valence-electron chi connectivity index (χ0n) is 12.0. The number of aromatic nitrogens is 2. The van der Waals surface area contributed by atoms with Crippen molar-refractivity contribution in [2.24, 2.45) is 11.7 Å². The van der Waals surface area contributed by atoms with Gasteiger partial charge >= 0.3 is 0 Å². The minimum absolute atomic E-state index is 0.166. The molecule has 2 N–H and O–H groups in total. The molecule has 0 aromatic carbocycles. The van der Waals surface area contributed by atoms with Crippen LogP contribution in [0.2, 0.25) is 0 Å². The Hall–Kier alpha value is -1.05. The SMILES string of the molecule is Cc1nccc(C(N)CC2CCCN(S(C)(=O)=O)C2)n1. The lowest BCUT2D eigenvalue weighted by atomic mass is 9.91. The average molecular weight is 298 g/mol. The van der Waals surface area contributed by atoms with E-state index in [1.807, 2.05) is 13.0 Å². The smallest absolute Gasteiger partial charge is 0.211 e. The molecule has 1 aromatic rings. The maximum Gasteiger partial charge on any atom is 0.211 e. The molecule has 7 heteroatoms. The normalized spacial score (nSPS) is 22.6. The van der Waals surface area contributed by atoms with Crippen LogP contribution in [0.3, 0.4) is 0 Å². The van der Waals surface area contributed by atoms with Crippen LogP contribution >= 0.6 is 0 Å². The Balaban J connectivity index is 1.99. The van der Waals surface area contributed by atoms with Gasteiger partial charge in [0, 0.05) is 25.3 Å². The monoisotopic (exact) mass is 298 g/mol. The van der Waals surface area contributed by atoms with Gasteiger partial charge in [-0.15, -0.1) is 0 Å². The lowest BCUT2D eigenvalue weighted by molar-refractivity contribution is 0.246. The first kappa shape index (κ1) is 15.3. The lowest BCUT2D eigenvalue weighted by Crippen LogP contribution is -2.40. The maximum absolute atomic E-state index is 11.6. The van der Waals surface area contributed by atoms with Crippen molar-refractivity contribution in [2.45, 2.75) is 32.2 Å². The topological polar surface area (TPSA) is 89.2 Å². The van der Waals surface area contributed by atoms with Gasteiger partial charge in [0.1, 0.15) is 5.82 Å². The summed E-state index contributed by atoms with van der Waals surface area (Å²) in [5.74, 6) is 1.00. The molecule has 1 aromatic heterocycles. The second-order valence-corrected chi connectivity index (χ2v) is 7.48. The number of piperidine rings is 1. The Morgan fingerprint density at radius 2 is 2.30 bits per heavy atom. The van der Waals surface area contributed by atoms with Crippen LogP contribution < -0.4 is 5.73 Å². The summed E-state index contributed by atoms with van der Waals surface area (Å²) in [5.41, 5.74) is 7.02. The van der Waals surface area contributed by atoms with E-state index in [1.54, 1.807) is 10.5 Å². The van der Waals surface area contributed by atoms with Crippen molar-refractivity contribution in [3.8, 4) is 0 Å². The fraction of sp³-hybridized carbons (Fsp3) is 0.692. The summed E-state index contributed by atoms with van der Waals surface area (Å²) >= 11 is 0. The van der Waals surface area contributed by atoms with E-state index in [9.17, 15) is 8.42 Å². The van der Waals surface area contributed by atoms with Crippen molar-refractivity contribution >= 4 is 10.0 Å². The molecule has 0 radical (unpaired) electrons. The van der Waals surface area contributed by atoms with Crippen molar-refractivity contribution in [1.29, 1.82) is 0 Å². The highest BCUT2D eigenvalue weighted by atomic mass is 32.2. The largest absolute Gasteiger partial charge is 0.323 e. The van der Waals surface area contributed by atoms with Crippen LogP contribution in [-0.2, 0) is 10.0 Å². The third-order valence-electron chi connectivity index (χ3n) is 3.72. The van der Waals surface area contributed by atoms with Crippen LogP contribution in [0.5, 0.6) is 0 Å². The van der Waals surface area contributed by atoms with Gasteiger partial charge in [0.25, 0.3) is 0 Å². The molecule has 0 aliphatic carbocycles. The van der Waals surface area contributed by atoms with Gasteiger partial charge in [-0.3, -0.25) is 0 Å². The molecule has 1 aliphatic rings. The third-order valence-corrected chi connectivity index (χ3v) is 4.99. The predicted molar refractivity (Wildman–Crippen MR) is 77.5 cm³/mol. The maximum atomic E-state index is 11.6. The fourth-order valence-electron chi connectivity index (χ4n) is 2.68. The van der Waals surface area contributed by atoms with Gasteiger partial charge < -0.3 is 5.73 Å². The van der Waals surface area contributed by atoms with Gasteiger partial charge in [-0.05, 0) is 38.2 Å². The summed E-state index contributed by atoms with van der Waals surface area (Å²) in [6.07, 6.45) is 5.64. The van der Waals surface area contributed by atoms with Crippen LogP contribution in [-0.4, -0.2) is 42.0 Å². The van der Waals surface area contributed by atoms with E-state index < -0.39 is 10.0 Å². The molecule has 1 aliphatic heterocycles.